The maximum atomic E-state index is 11.6. The van der Waals surface area contributed by atoms with Crippen LogP contribution in [-0.4, -0.2) is 23.0 Å². The topological polar surface area (TPSA) is 66.4 Å². The number of carbonyl (C=O) groups excluding carboxylic acids is 1. The van der Waals surface area contributed by atoms with Crippen LogP contribution >= 0.6 is 0 Å². The van der Waals surface area contributed by atoms with E-state index in [2.05, 4.69) is 5.32 Å². The molecule has 1 rings (SSSR count). The molecule has 4 nitrogen and oxygen atoms in total. The summed E-state index contributed by atoms with van der Waals surface area (Å²) in [5.41, 5.74) is 0. The number of carbonyl (C=O) groups is 2. The fourth-order valence-electron chi connectivity index (χ4n) is 2.43. The molecule has 0 spiro atoms. The van der Waals surface area contributed by atoms with Gasteiger partial charge in [0.2, 0.25) is 5.91 Å². The molecule has 98 valence electrons. The van der Waals surface area contributed by atoms with E-state index in [1.807, 2.05) is 6.92 Å². The summed E-state index contributed by atoms with van der Waals surface area (Å²) >= 11 is 0. The largest absolute Gasteiger partial charge is 0.480 e. The Morgan fingerprint density at radius 1 is 1.29 bits per heavy atom. The fraction of sp³-hybridized carbons (Fsp3) is 0.846. The van der Waals surface area contributed by atoms with Crippen LogP contribution in [0.25, 0.3) is 0 Å². The molecule has 1 fully saturated rings. The van der Waals surface area contributed by atoms with Crippen molar-refractivity contribution < 1.29 is 14.7 Å². The molecule has 0 aromatic heterocycles. The monoisotopic (exact) mass is 241 g/mol. The zero-order valence-electron chi connectivity index (χ0n) is 10.6. The summed E-state index contributed by atoms with van der Waals surface area (Å²) in [5, 5.41) is 11.9. The van der Waals surface area contributed by atoms with Crippen molar-refractivity contribution in [2.75, 3.05) is 0 Å². The van der Waals surface area contributed by atoms with Gasteiger partial charge in [-0.15, -0.1) is 0 Å². The van der Waals surface area contributed by atoms with Crippen molar-refractivity contribution in [1.29, 1.82) is 0 Å². The van der Waals surface area contributed by atoms with E-state index in [0.717, 1.165) is 38.5 Å². The van der Waals surface area contributed by atoms with Gasteiger partial charge in [0, 0.05) is 6.42 Å². The number of hydrogen-bond acceptors (Lipinski definition) is 2. The van der Waals surface area contributed by atoms with Crippen LogP contribution in [0.1, 0.15) is 58.3 Å². The van der Waals surface area contributed by atoms with Crippen LogP contribution in [0.2, 0.25) is 0 Å². The first-order valence-corrected chi connectivity index (χ1v) is 6.67. The molecule has 0 heterocycles. The van der Waals surface area contributed by atoms with Crippen molar-refractivity contribution in [3.8, 4) is 0 Å². The average molecular weight is 241 g/mol. The van der Waals surface area contributed by atoms with Gasteiger partial charge >= 0.3 is 5.97 Å². The second-order valence-corrected chi connectivity index (χ2v) is 4.89. The van der Waals surface area contributed by atoms with Crippen LogP contribution in [0, 0.1) is 5.92 Å². The Labute approximate surface area is 103 Å². The van der Waals surface area contributed by atoms with E-state index in [1.54, 1.807) is 0 Å². The molecule has 0 aromatic carbocycles. The highest BCUT2D eigenvalue weighted by Gasteiger charge is 2.30. The molecule has 0 saturated heterocycles. The molecular weight excluding hydrogens is 218 g/mol. The molecule has 0 aromatic rings. The predicted octanol–water partition coefficient (Wildman–Crippen LogP) is 2.33. The Kier molecular flexibility index (Phi) is 6.01. The van der Waals surface area contributed by atoms with E-state index >= 15 is 0 Å². The van der Waals surface area contributed by atoms with Crippen LogP contribution in [0.4, 0.5) is 0 Å². The highest BCUT2D eigenvalue weighted by atomic mass is 16.4. The normalized spacial score (nSPS) is 18.6. The van der Waals surface area contributed by atoms with E-state index in [1.165, 1.54) is 6.42 Å². The standard InChI is InChI=1S/C13H23NO3/c1-2-3-9-11(15)14-12(13(16)17)10-7-5-4-6-8-10/h10,12H,2-9H2,1H3,(H,14,15)(H,16,17). The van der Waals surface area contributed by atoms with Crippen molar-refractivity contribution in [3.63, 3.8) is 0 Å². The van der Waals surface area contributed by atoms with Gasteiger partial charge in [0.25, 0.3) is 0 Å². The molecule has 0 aliphatic heterocycles. The third-order valence-electron chi connectivity index (χ3n) is 3.46. The van der Waals surface area contributed by atoms with E-state index in [9.17, 15) is 14.7 Å². The molecule has 1 aliphatic rings. The highest BCUT2D eigenvalue weighted by Crippen LogP contribution is 2.26. The summed E-state index contributed by atoms with van der Waals surface area (Å²) in [6.07, 6.45) is 7.41. The van der Waals surface area contributed by atoms with Crippen LogP contribution in [0.3, 0.4) is 0 Å². The quantitative estimate of drug-likeness (QED) is 0.750. The molecule has 0 radical (unpaired) electrons. The lowest BCUT2D eigenvalue weighted by atomic mass is 9.84. The minimum absolute atomic E-state index is 0.117. The summed E-state index contributed by atoms with van der Waals surface area (Å²) in [5.74, 6) is -0.890. The first-order valence-electron chi connectivity index (χ1n) is 6.67. The number of amides is 1. The average Bonchev–Trinajstić information content (AvgIpc) is 2.34. The van der Waals surface area contributed by atoms with Crippen LogP contribution in [0.5, 0.6) is 0 Å². The number of carboxylic acids is 1. The minimum Gasteiger partial charge on any atom is -0.480 e. The highest BCUT2D eigenvalue weighted by molar-refractivity contribution is 5.83. The summed E-state index contributed by atoms with van der Waals surface area (Å²) in [6, 6.07) is -0.681. The zero-order valence-corrected chi connectivity index (χ0v) is 10.6. The van der Waals surface area contributed by atoms with Crippen molar-refractivity contribution in [3.05, 3.63) is 0 Å². The number of nitrogens with one attached hydrogen (secondary N) is 1. The SMILES string of the molecule is CCCCC(=O)NC(C(=O)O)C1CCCCC1. The Balaban J connectivity index is 2.47. The Morgan fingerprint density at radius 3 is 2.47 bits per heavy atom. The maximum Gasteiger partial charge on any atom is 0.326 e. The first-order chi connectivity index (χ1) is 8.15. The van der Waals surface area contributed by atoms with Gasteiger partial charge in [-0.1, -0.05) is 32.6 Å². The van der Waals surface area contributed by atoms with Crippen molar-refractivity contribution >= 4 is 11.9 Å². The third kappa shape index (κ3) is 4.75. The minimum atomic E-state index is -0.887. The van der Waals surface area contributed by atoms with Crippen molar-refractivity contribution in [2.45, 2.75) is 64.3 Å². The second-order valence-electron chi connectivity index (χ2n) is 4.89. The Morgan fingerprint density at radius 2 is 1.94 bits per heavy atom. The van der Waals surface area contributed by atoms with Gasteiger partial charge in [-0.3, -0.25) is 4.79 Å². The number of unbranched alkanes of at least 4 members (excludes halogenated alkanes) is 1. The van der Waals surface area contributed by atoms with Crippen LogP contribution in [-0.2, 0) is 9.59 Å². The molecule has 1 saturated carbocycles. The molecular formula is C13H23NO3. The van der Waals surface area contributed by atoms with Crippen LogP contribution in [0.15, 0.2) is 0 Å². The first kappa shape index (κ1) is 14.0. The molecule has 0 bridgehead atoms. The molecule has 2 N–H and O–H groups in total. The van der Waals surface area contributed by atoms with Gasteiger partial charge < -0.3 is 10.4 Å². The smallest absolute Gasteiger partial charge is 0.326 e. The lowest BCUT2D eigenvalue weighted by Gasteiger charge is -2.28. The number of rotatable bonds is 6. The molecule has 1 atom stereocenters. The third-order valence-corrected chi connectivity index (χ3v) is 3.46. The van der Waals surface area contributed by atoms with Gasteiger partial charge in [-0.25, -0.2) is 4.79 Å². The number of hydrogen-bond donors (Lipinski definition) is 2. The van der Waals surface area contributed by atoms with Gasteiger partial charge in [0.1, 0.15) is 6.04 Å². The summed E-state index contributed by atoms with van der Waals surface area (Å²) in [4.78, 5) is 22.8. The summed E-state index contributed by atoms with van der Waals surface area (Å²) in [7, 11) is 0. The van der Waals surface area contributed by atoms with Crippen molar-refractivity contribution in [2.24, 2.45) is 5.92 Å². The van der Waals surface area contributed by atoms with E-state index in [4.69, 9.17) is 0 Å². The lowest BCUT2D eigenvalue weighted by Crippen LogP contribution is -2.46. The summed E-state index contributed by atoms with van der Waals surface area (Å²) < 4.78 is 0. The van der Waals surface area contributed by atoms with Crippen LogP contribution < -0.4 is 5.32 Å². The van der Waals surface area contributed by atoms with Crippen molar-refractivity contribution in [1.82, 2.24) is 5.32 Å². The molecule has 1 unspecified atom stereocenters. The molecule has 1 aliphatic carbocycles. The Hall–Kier alpha value is -1.06. The van der Waals surface area contributed by atoms with Gasteiger partial charge in [0.15, 0.2) is 0 Å². The zero-order chi connectivity index (χ0) is 12.7. The predicted molar refractivity (Wildman–Crippen MR) is 65.7 cm³/mol. The van der Waals surface area contributed by atoms with E-state index < -0.39 is 12.0 Å². The molecule has 17 heavy (non-hydrogen) atoms. The fourth-order valence-corrected chi connectivity index (χ4v) is 2.43. The molecule has 1 amide bonds. The van der Waals surface area contributed by atoms with Gasteiger partial charge in [0.05, 0.1) is 0 Å². The maximum absolute atomic E-state index is 11.6. The molecule has 4 heteroatoms. The van der Waals surface area contributed by atoms with Gasteiger partial charge in [-0.05, 0) is 25.2 Å². The number of carboxylic acid groups (broad SMARTS) is 1. The lowest BCUT2D eigenvalue weighted by molar-refractivity contribution is -0.143. The Bertz CT molecular complexity index is 259. The second kappa shape index (κ2) is 7.30. The number of aliphatic carboxylic acids is 1. The van der Waals surface area contributed by atoms with E-state index in [-0.39, 0.29) is 11.8 Å². The van der Waals surface area contributed by atoms with Gasteiger partial charge in [-0.2, -0.15) is 0 Å². The summed E-state index contributed by atoms with van der Waals surface area (Å²) in [6.45, 7) is 2.02. The van der Waals surface area contributed by atoms with E-state index in [0.29, 0.717) is 6.42 Å².